The third kappa shape index (κ3) is 6.29. The molecule has 1 atom stereocenters. The smallest absolute Gasteiger partial charge is 0.0312 e. The second kappa shape index (κ2) is 2.72. The number of hydrogen-bond acceptors (Lipinski definition) is 0. The average molecular weight is 134 g/mol. The van der Waals surface area contributed by atoms with E-state index < -0.39 is 0 Å². The molecule has 1 heteroatoms. The van der Waals surface area contributed by atoms with E-state index >= 15 is 0 Å². The summed E-state index contributed by atoms with van der Waals surface area (Å²) in [6.45, 7) is 10.1. The Bertz CT molecular complexity index is 59.3. The van der Waals surface area contributed by atoms with Crippen molar-refractivity contribution in [2.45, 2.75) is 32.6 Å². The first-order valence-corrected chi connectivity index (χ1v) is 3.35. The molecule has 0 spiro atoms. The van der Waals surface area contributed by atoms with E-state index in [0.29, 0.717) is 0 Å². The first-order chi connectivity index (χ1) is 3.42. The third-order valence-electron chi connectivity index (χ3n) is 0.834. The molecule has 8 heavy (non-hydrogen) atoms. The molecule has 0 aromatic rings. The Kier molecular flexibility index (Phi) is 2.82. The predicted molar refractivity (Wildman–Crippen MR) is 39.1 cm³/mol. The van der Waals surface area contributed by atoms with Crippen molar-refractivity contribution >= 4 is 11.6 Å². The van der Waals surface area contributed by atoms with E-state index in [4.69, 9.17) is 11.6 Å². The highest BCUT2D eigenvalue weighted by Gasteiger charge is 2.12. The van der Waals surface area contributed by atoms with Crippen LogP contribution in [0, 0.1) is 12.3 Å². The molecule has 49 valence electrons. The van der Waals surface area contributed by atoms with E-state index in [9.17, 15) is 0 Å². The van der Waals surface area contributed by atoms with Gasteiger partial charge in [0.1, 0.15) is 0 Å². The van der Waals surface area contributed by atoms with Crippen LogP contribution in [0.5, 0.6) is 0 Å². The van der Waals surface area contributed by atoms with Crippen LogP contribution in [0.25, 0.3) is 0 Å². The van der Waals surface area contributed by atoms with E-state index in [-0.39, 0.29) is 10.8 Å². The molecular formula is C7H14Cl. The van der Waals surface area contributed by atoms with Crippen LogP contribution in [-0.4, -0.2) is 5.38 Å². The zero-order valence-electron chi connectivity index (χ0n) is 5.87. The SMILES string of the molecule is [CH2]C(C)(C)CC(C)Cl. The van der Waals surface area contributed by atoms with Gasteiger partial charge in [-0.1, -0.05) is 13.8 Å². The van der Waals surface area contributed by atoms with Gasteiger partial charge in [0.15, 0.2) is 0 Å². The first-order valence-electron chi connectivity index (χ1n) is 2.91. The standard InChI is InChI=1S/C7H14Cl/c1-6(8)5-7(2,3)4/h6H,2,5H2,1,3-4H3. The molecule has 0 aromatic carbocycles. The number of hydrogen-bond donors (Lipinski definition) is 0. The summed E-state index contributed by atoms with van der Waals surface area (Å²) >= 11 is 5.72. The number of alkyl halides is 1. The summed E-state index contributed by atoms with van der Waals surface area (Å²) in [4.78, 5) is 0. The van der Waals surface area contributed by atoms with E-state index in [1.807, 2.05) is 6.92 Å². The number of halogens is 1. The fourth-order valence-electron chi connectivity index (χ4n) is 0.761. The van der Waals surface area contributed by atoms with Gasteiger partial charge in [-0.15, -0.1) is 11.6 Å². The molecule has 0 fully saturated rings. The Hall–Kier alpha value is 0.290. The van der Waals surface area contributed by atoms with Crippen molar-refractivity contribution in [2.75, 3.05) is 0 Å². The topological polar surface area (TPSA) is 0 Å². The molecule has 0 N–H and O–H groups in total. The predicted octanol–water partition coefficient (Wildman–Crippen LogP) is 2.86. The Labute approximate surface area is 57.2 Å². The molecule has 0 heterocycles. The van der Waals surface area contributed by atoms with E-state index in [2.05, 4.69) is 20.8 Å². The van der Waals surface area contributed by atoms with Crippen molar-refractivity contribution in [1.29, 1.82) is 0 Å². The van der Waals surface area contributed by atoms with Crippen molar-refractivity contribution in [3.8, 4) is 0 Å². The summed E-state index contributed by atoms with van der Waals surface area (Å²) in [7, 11) is 0. The van der Waals surface area contributed by atoms with Crippen LogP contribution in [0.4, 0.5) is 0 Å². The van der Waals surface area contributed by atoms with Gasteiger partial charge in [-0.25, -0.2) is 0 Å². The molecule has 0 saturated heterocycles. The molecule has 0 nitrogen and oxygen atoms in total. The first kappa shape index (κ1) is 8.29. The summed E-state index contributed by atoms with van der Waals surface area (Å²) in [6.07, 6.45) is 0.981. The highest BCUT2D eigenvalue weighted by Crippen LogP contribution is 2.22. The molecule has 0 aliphatic rings. The zero-order valence-corrected chi connectivity index (χ0v) is 6.63. The van der Waals surface area contributed by atoms with Gasteiger partial charge in [0.2, 0.25) is 0 Å². The minimum atomic E-state index is 0.140. The van der Waals surface area contributed by atoms with E-state index in [1.54, 1.807) is 0 Å². The molecular weight excluding hydrogens is 120 g/mol. The van der Waals surface area contributed by atoms with Crippen LogP contribution in [0.15, 0.2) is 0 Å². The maximum Gasteiger partial charge on any atom is 0.0312 e. The van der Waals surface area contributed by atoms with Gasteiger partial charge in [0.25, 0.3) is 0 Å². The summed E-state index contributed by atoms with van der Waals surface area (Å²) in [5.41, 5.74) is 0.140. The Morgan fingerprint density at radius 1 is 1.62 bits per heavy atom. The van der Waals surface area contributed by atoms with Crippen LogP contribution >= 0.6 is 11.6 Å². The molecule has 0 amide bonds. The van der Waals surface area contributed by atoms with Gasteiger partial charge in [0, 0.05) is 5.38 Å². The van der Waals surface area contributed by atoms with Crippen molar-refractivity contribution in [2.24, 2.45) is 5.41 Å². The van der Waals surface area contributed by atoms with Crippen LogP contribution < -0.4 is 0 Å². The molecule has 0 aliphatic carbocycles. The minimum absolute atomic E-state index is 0.140. The van der Waals surface area contributed by atoms with Gasteiger partial charge >= 0.3 is 0 Å². The molecule has 0 bridgehead atoms. The zero-order chi connectivity index (χ0) is 6.78. The third-order valence-corrected chi connectivity index (χ3v) is 0.988. The van der Waals surface area contributed by atoms with Crippen LogP contribution in [0.1, 0.15) is 27.2 Å². The Morgan fingerprint density at radius 2 is 2.00 bits per heavy atom. The molecule has 0 aliphatic heterocycles. The summed E-state index contributed by atoms with van der Waals surface area (Å²) in [5.74, 6) is 0. The van der Waals surface area contributed by atoms with Gasteiger partial charge in [0.05, 0.1) is 0 Å². The minimum Gasteiger partial charge on any atom is -0.123 e. The maximum absolute atomic E-state index is 5.72. The lowest BCUT2D eigenvalue weighted by Gasteiger charge is -2.18. The molecule has 0 rings (SSSR count). The van der Waals surface area contributed by atoms with Crippen LogP contribution in [-0.2, 0) is 0 Å². The molecule has 1 unspecified atom stereocenters. The second-order valence-electron chi connectivity index (χ2n) is 3.15. The lowest BCUT2D eigenvalue weighted by molar-refractivity contribution is 0.431. The van der Waals surface area contributed by atoms with Gasteiger partial charge in [-0.05, 0) is 25.7 Å². The van der Waals surface area contributed by atoms with E-state index in [1.165, 1.54) is 0 Å². The summed E-state index contributed by atoms with van der Waals surface area (Å²) in [6, 6.07) is 0. The molecule has 0 aromatic heterocycles. The van der Waals surface area contributed by atoms with Crippen molar-refractivity contribution < 1.29 is 0 Å². The largest absolute Gasteiger partial charge is 0.123 e. The van der Waals surface area contributed by atoms with Crippen molar-refractivity contribution in [3.63, 3.8) is 0 Å². The average Bonchev–Trinajstić information content (AvgIpc) is 1.21. The quantitative estimate of drug-likeness (QED) is 0.509. The lowest BCUT2D eigenvalue weighted by Crippen LogP contribution is -2.10. The lowest BCUT2D eigenvalue weighted by atomic mass is 9.91. The van der Waals surface area contributed by atoms with Crippen molar-refractivity contribution in [1.82, 2.24) is 0 Å². The molecule has 0 saturated carbocycles. The van der Waals surface area contributed by atoms with Gasteiger partial charge in [-0.2, -0.15) is 0 Å². The monoisotopic (exact) mass is 133 g/mol. The van der Waals surface area contributed by atoms with Crippen LogP contribution in [0.2, 0.25) is 0 Å². The molecule has 1 radical (unpaired) electrons. The summed E-state index contributed by atoms with van der Waals surface area (Å²) < 4.78 is 0. The van der Waals surface area contributed by atoms with E-state index in [0.717, 1.165) is 6.42 Å². The highest BCUT2D eigenvalue weighted by molar-refractivity contribution is 6.20. The van der Waals surface area contributed by atoms with Gasteiger partial charge in [-0.3, -0.25) is 0 Å². The Balaban J connectivity index is 3.39. The summed E-state index contributed by atoms with van der Waals surface area (Å²) in [5, 5.41) is 0.252. The fraction of sp³-hybridized carbons (Fsp3) is 0.857. The number of rotatable bonds is 2. The fourth-order valence-corrected chi connectivity index (χ4v) is 1.18. The van der Waals surface area contributed by atoms with Crippen molar-refractivity contribution in [3.05, 3.63) is 6.92 Å². The highest BCUT2D eigenvalue weighted by atomic mass is 35.5. The normalized spacial score (nSPS) is 16.1. The second-order valence-corrected chi connectivity index (χ2v) is 3.89. The Morgan fingerprint density at radius 3 is 2.00 bits per heavy atom. The van der Waals surface area contributed by atoms with Gasteiger partial charge < -0.3 is 0 Å². The van der Waals surface area contributed by atoms with Crippen LogP contribution in [0.3, 0.4) is 0 Å². The maximum atomic E-state index is 5.72.